The Kier molecular flexibility index (Phi) is 5.06. The summed E-state index contributed by atoms with van der Waals surface area (Å²) in [6.45, 7) is 1.72. The van der Waals surface area contributed by atoms with Crippen LogP contribution in [0, 0.1) is 0 Å². The van der Waals surface area contributed by atoms with Crippen LogP contribution in [-0.4, -0.2) is 21.5 Å². The number of benzene rings is 2. The third kappa shape index (κ3) is 4.44. The van der Waals surface area contributed by atoms with Gasteiger partial charge < -0.3 is 10.4 Å². The molecule has 4 heteroatoms. The molecule has 3 aromatic rings. The quantitative estimate of drug-likeness (QED) is 0.705. The molecule has 0 radical (unpaired) electrons. The van der Waals surface area contributed by atoms with Crippen LogP contribution in [0.1, 0.15) is 16.7 Å². The third-order valence-electron chi connectivity index (χ3n) is 3.73. The van der Waals surface area contributed by atoms with Gasteiger partial charge >= 0.3 is 0 Å². The van der Waals surface area contributed by atoms with Crippen LogP contribution in [0.25, 0.3) is 0 Å². The zero-order valence-electron chi connectivity index (χ0n) is 13.0. The molecule has 0 bridgehead atoms. The predicted octanol–water partition coefficient (Wildman–Crippen LogP) is 3.08. The smallest absolute Gasteiger partial charge is 0.0659 e. The van der Waals surface area contributed by atoms with Gasteiger partial charge in [-0.2, -0.15) is 5.10 Å². The number of aromatic nitrogens is 2. The van der Waals surface area contributed by atoms with Crippen molar-refractivity contribution in [3.05, 3.63) is 83.7 Å². The van der Waals surface area contributed by atoms with E-state index in [2.05, 4.69) is 28.7 Å². The maximum Gasteiger partial charge on any atom is 0.0659 e. The van der Waals surface area contributed by atoms with Crippen LogP contribution in [0.2, 0.25) is 0 Å². The van der Waals surface area contributed by atoms with Crippen LogP contribution >= 0.6 is 0 Å². The minimum absolute atomic E-state index is 0.188. The van der Waals surface area contributed by atoms with E-state index in [0.29, 0.717) is 6.42 Å². The van der Waals surface area contributed by atoms with E-state index >= 15 is 0 Å². The highest BCUT2D eigenvalue weighted by Crippen LogP contribution is 2.12. The molecule has 1 aromatic heterocycles. The Bertz CT molecular complexity index is 720. The van der Waals surface area contributed by atoms with Gasteiger partial charge in [0.05, 0.1) is 12.7 Å². The summed E-state index contributed by atoms with van der Waals surface area (Å²) in [5.41, 5.74) is 4.62. The van der Waals surface area contributed by atoms with E-state index in [1.807, 2.05) is 53.3 Å². The number of anilines is 1. The molecular weight excluding hydrogens is 286 g/mol. The van der Waals surface area contributed by atoms with Crippen LogP contribution in [0.15, 0.2) is 67.0 Å². The number of aliphatic hydroxyl groups excluding tert-OH is 1. The lowest BCUT2D eigenvalue weighted by Gasteiger charge is -2.06. The topological polar surface area (TPSA) is 50.1 Å². The van der Waals surface area contributed by atoms with Crippen molar-refractivity contribution >= 4 is 5.69 Å². The standard InChI is InChI=1S/C19H21N3O/c23-11-10-16-6-8-19(9-7-16)20-12-18-13-21-22(15-18)14-17-4-2-1-3-5-17/h1-9,13,15,20,23H,10-12,14H2. The summed E-state index contributed by atoms with van der Waals surface area (Å²) in [6, 6.07) is 18.5. The van der Waals surface area contributed by atoms with Crippen molar-refractivity contribution in [2.24, 2.45) is 0 Å². The molecule has 4 nitrogen and oxygen atoms in total. The van der Waals surface area contributed by atoms with Crippen molar-refractivity contribution in [2.45, 2.75) is 19.5 Å². The molecule has 2 aromatic carbocycles. The van der Waals surface area contributed by atoms with E-state index in [9.17, 15) is 0 Å². The molecule has 0 aliphatic rings. The van der Waals surface area contributed by atoms with Crippen LogP contribution in [0.5, 0.6) is 0 Å². The monoisotopic (exact) mass is 307 g/mol. The summed E-state index contributed by atoms with van der Waals surface area (Å²) < 4.78 is 1.96. The van der Waals surface area contributed by atoms with Crippen LogP contribution < -0.4 is 5.32 Å². The van der Waals surface area contributed by atoms with E-state index < -0.39 is 0 Å². The van der Waals surface area contributed by atoms with Crippen LogP contribution in [0.4, 0.5) is 5.69 Å². The largest absolute Gasteiger partial charge is 0.396 e. The lowest BCUT2D eigenvalue weighted by molar-refractivity contribution is 0.299. The van der Waals surface area contributed by atoms with Gasteiger partial charge in [0.25, 0.3) is 0 Å². The molecule has 0 aliphatic carbocycles. The number of hydrogen-bond donors (Lipinski definition) is 2. The fourth-order valence-corrected chi connectivity index (χ4v) is 2.48. The molecule has 0 fully saturated rings. The average molecular weight is 307 g/mol. The average Bonchev–Trinajstić information content (AvgIpc) is 3.03. The number of nitrogens with zero attached hydrogens (tertiary/aromatic N) is 2. The Morgan fingerprint density at radius 3 is 2.43 bits per heavy atom. The fraction of sp³-hybridized carbons (Fsp3) is 0.211. The zero-order valence-corrected chi connectivity index (χ0v) is 13.0. The van der Waals surface area contributed by atoms with E-state index in [4.69, 9.17) is 5.11 Å². The molecule has 0 spiro atoms. The van der Waals surface area contributed by atoms with Crippen molar-refractivity contribution in [1.29, 1.82) is 0 Å². The first-order valence-corrected chi connectivity index (χ1v) is 7.82. The van der Waals surface area contributed by atoms with E-state index in [0.717, 1.165) is 29.9 Å². The van der Waals surface area contributed by atoms with Gasteiger partial charge in [-0.25, -0.2) is 0 Å². The first kappa shape index (κ1) is 15.3. The van der Waals surface area contributed by atoms with Crippen molar-refractivity contribution in [2.75, 3.05) is 11.9 Å². The Hall–Kier alpha value is -2.59. The van der Waals surface area contributed by atoms with E-state index in [1.165, 1.54) is 5.56 Å². The zero-order chi connectivity index (χ0) is 15.9. The number of rotatable bonds is 7. The minimum Gasteiger partial charge on any atom is -0.396 e. The summed E-state index contributed by atoms with van der Waals surface area (Å²) >= 11 is 0. The first-order valence-electron chi connectivity index (χ1n) is 7.82. The molecule has 2 N–H and O–H groups in total. The van der Waals surface area contributed by atoms with Gasteiger partial charge in [0, 0.05) is 30.6 Å². The summed E-state index contributed by atoms with van der Waals surface area (Å²) in [7, 11) is 0. The summed E-state index contributed by atoms with van der Waals surface area (Å²) in [4.78, 5) is 0. The Morgan fingerprint density at radius 2 is 1.70 bits per heavy atom. The molecule has 0 aliphatic heterocycles. The van der Waals surface area contributed by atoms with Gasteiger partial charge in [-0.15, -0.1) is 0 Å². The second kappa shape index (κ2) is 7.61. The molecule has 0 saturated heterocycles. The molecule has 1 heterocycles. The fourth-order valence-electron chi connectivity index (χ4n) is 2.48. The van der Waals surface area contributed by atoms with Crippen molar-refractivity contribution in [3.63, 3.8) is 0 Å². The van der Waals surface area contributed by atoms with Gasteiger partial charge in [0.1, 0.15) is 0 Å². The summed E-state index contributed by atoms with van der Waals surface area (Å²) in [5.74, 6) is 0. The Balaban J connectivity index is 1.54. The summed E-state index contributed by atoms with van der Waals surface area (Å²) in [5, 5.41) is 16.7. The number of hydrogen-bond acceptors (Lipinski definition) is 3. The number of nitrogens with one attached hydrogen (secondary N) is 1. The van der Waals surface area contributed by atoms with Gasteiger partial charge in [-0.3, -0.25) is 4.68 Å². The highest BCUT2D eigenvalue weighted by molar-refractivity contribution is 5.45. The molecule has 0 saturated carbocycles. The highest BCUT2D eigenvalue weighted by Gasteiger charge is 2.00. The van der Waals surface area contributed by atoms with E-state index in [-0.39, 0.29) is 6.61 Å². The normalized spacial score (nSPS) is 10.7. The summed E-state index contributed by atoms with van der Waals surface area (Å²) in [6.07, 6.45) is 4.67. The number of aliphatic hydroxyl groups is 1. The lowest BCUT2D eigenvalue weighted by atomic mass is 10.1. The van der Waals surface area contributed by atoms with Gasteiger partial charge in [0.15, 0.2) is 0 Å². The van der Waals surface area contributed by atoms with Gasteiger partial charge in [0.2, 0.25) is 0 Å². The SMILES string of the molecule is OCCc1ccc(NCc2cnn(Cc3ccccc3)c2)cc1. The maximum atomic E-state index is 8.92. The van der Waals surface area contributed by atoms with Crippen LogP contribution in [-0.2, 0) is 19.5 Å². The molecule has 23 heavy (non-hydrogen) atoms. The first-order chi connectivity index (χ1) is 11.3. The Labute approximate surface area is 136 Å². The van der Waals surface area contributed by atoms with Gasteiger partial charge in [-0.05, 0) is 29.7 Å². The molecule has 3 rings (SSSR count). The van der Waals surface area contributed by atoms with Crippen LogP contribution in [0.3, 0.4) is 0 Å². The van der Waals surface area contributed by atoms with Crippen molar-refractivity contribution in [1.82, 2.24) is 9.78 Å². The highest BCUT2D eigenvalue weighted by atomic mass is 16.2. The third-order valence-corrected chi connectivity index (χ3v) is 3.73. The van der Waals surface area contributed by atoms with Gasteiger partial charge in [-0.1, -0.05) is 42.5 Å². The maximum absolute atomic E-state index is 8.92. The minimum atomic E-state index is 0.188. The molecule has 0 unspecified atom stereocenters. The predicted molar refractivity (Wildman–Crippen MR) is 92.3 cm³/mol. The second-order valence-corrected chi connectivity index (χ2v) is 5.56. The van der Waals surface area contributed by atoms with E-state index in [1.54, 1.807) is 0 Å². The molecule has 0 amide bonds. The molecule has 0 atom stereocenters. The van der Waals surface area contributed by atoms with Crippen molar-refractivity contribution < 1.29 is 5.11 Å². The van der Waals surface area contributed by atoms with Crippen molar-refractivity contribution in [3.8, 4) is 0 Å². The second-order valence-electron chi connectivity index (χ2n) is 5.56. The lowest BCUT2D eigenvalue weighted by Crippen LogP contribution is -2.01. The molecule has 118 valence electrons. The molecular formula is C19H21N3O. The Morgan fingerprint density at radius 1 is 0.913 bits per heavy atom.